The molecule has 0 aliphatic rings. The molecule has 0 amide bonds. The molecule has 20 heavy (non-hydrogen) atoms. The number of para-hydroxylation sites is 1. The van der Waals surface area contributed by atoms with Gasteiger partial charge in [0.05, 0.1) is 12.7 Å². The summed E-state index contributed by atoms with van der Waals surface area (Å²) < 4.78 is 11.5. The van der Waals surface area contributed by atoms with Crippen molar-refractivity contribution in [3.8, 4) is 17.2 Å². The maximum atomic E-state index is 6.00. The van der Waals surface area contributed by atoms with E-state index in [2.05, 4.69) is 19.2 Å². The van der Waals surface area contributed by atoms with Crippen LogP contribution in [0.3, 0.4) is 0 Å². The van der Waals surface area contributed by atoms with E-state index in [4.69, 9.17) is 9.47 Å². The first-order chi connectivity index (χ1) is 9.76. The lowest BCUT2D eigenvalue weighted by atomic mass is 10.1. The Labute approximate surface area is 120 Å². The second-order valence-corrected chi connectivity index (χ2v) is 4.57. The summed E-state index contributed by atoms with van der Waals surface area (Å²) in [5.74, 6) is 2.49. The quantitative estimate of drug-likeness (QED) is 0.855. The predicted octanol–water partition coefficient (Wildman–Crippen LogP) is 4.16. The lowest BCUT2D eigenvalue weighted by molar-refractivity contribution is 0.391. The third-order valence-corrected chi connectivity index (χ3v) is 3.16. The number of rotatable bonds is 6. The van der Waals surface area contributed by atoms with Gasteiger partial charge in [0.1, 0.15) is 17.2 Å². The molecule has 0 fully saturated rings. The number of benzene rings is 2. The van der Waals surface area contributed by atoms with Crippen LogP contribution in [-0.2, 0) is 0 Å². The number of hydrogen-bond donors (Lipinski definition) is 1. The van der Waals surface area contributed by atoms with Crippen LogP contribution in [0.15, 0.2) is 48.5 Å². The van der Waals surface area contributed by atoms with E-state index in [-0.39, 0.29) is 6.04 Å². The normalized spacial score (nSPS) is 11.9. The summed E-state index contributed by atoms with van der Waals surface area (Å²) in [7, 11) is 1.68. The SMILES string of the molecule is CCNC(C)c1c(OC)cccc1Oc1ccccc1. The fourth-order valence-corrected chi connectivity index (χ4v) is 2.24. The molecule has 106 valence electrons. The highest BCUT2D eigenvalue weighted by atomic mass is 16.5. The van der Waals surface area contributed by atoms with Gasteiger partial charge in [-0.05, 0) is 37.7 Å². The van der Waals surface area contributed by atoms with Crippen LogP contribution in [-0.4, -0.2) is 13.7 Å². The Morgan fingerprint density at radius 1 is 1.00 bits per heavy atom. The van der Waals surface area contributed by atoms with Crippen LogP contribution in [0, 0.1) is 0 Å². The molecule has 1 unspecified atom stereocenters. The fraction of sp³-hybridized carbons (Fsp3) is 0.294. The second-order valence-electron chi connectivity index (χ2n) is 4.57. The summed E-state index contributed by atoms with van der Waals surface area (Å²) in [5, 5.41) is 3.40. The maximum Gasteiger partial charge on any atom is 0.135 e. The summed E-state index contributed by atoms with van der Waals surface area (Å²) in [6.07, 6.45) is 0. The first-order valence-corrected chi connectivity index (χ1v) is 6.89. The van der Waals surface area contributed by atoms with Crippen LogP contribution in [0.4, 0.5) is 0 Å². The van der Waals surface area contributed by atoms with Crippen LogP contribution in [0.1, 0.15) is 25.5 Å². The third-order valence-electron chi connectivity index (χ3n) is 3.16. The highest BCUT2D eigenvalue weighted by Crippen LogP contribution is 2.36. The standard InChI is InChI=1S/C17H21NO2/c1-4-18-13(2)17-15(19-3)11-8-12-16(17)20-14-9-6-5-7-10-14/h5-13,18H,4H2,1-3H3. The molecule has 0 saturated heterocycles. The molecule has 3 heteroatoms. The Bertz CT molecular complexity index is 540. The molecule has 0 bridgehead atoms. The van der Waals surface area contributed by atoms with E-state index >= 15 is 0 Å². The van der Waals surface area contributed by atoms with Gasteiger partial charge in [0, 0.05) is 6.04 Å². The first kappa shape index (κ1) is 14.4. The second kappa shape index (κ2) is 6.96. The van der Waals surface area contributed by atoms with Gasteiger partial charge in [-0.25, -0.2) is 0 Å². The zero-order valence-corrected chi connectivity index (χ0v) is 12.2. The van der Waals surface area contributed by atoms with Crippen LogP contribution >= 0.6 is 0 Å². The molecule has 0 radical (unpaired) electrons. The molecule has 3 nitrogen and oxygen atoms in total. The first-order valence-electron chi connectivity index (χ1n) is 6.89. The molecular formula is C17H21NO2. The number of ether oxygens (including phenoxy) is 2. The molecule has 0 spiro atoms. The van der Waals surface area contributed by atoms with Gasteiger partial charge in [0.15, 0.2) is 0 Å². The Balaban J connectivity index is 2.36. The van der Waals surface area contributed by atoms with Crippen molar-refractivity contribution in [3.63, 3.8) is 0 Å². The monoisotopic (exact) mass is 271 g/mol. The zero-order valence-electron chi connectivity index (χ0n) is 12.2. The van der Waals surface area contributed by atoms with E-state index in [1.54, 1.807) is 7.11 Å². The predicted molar refractivity (Wildman–Crippen MR) is 81.6 cm³/mol. The van der Waals surface area contributed by atoms with Gasteiger partial charge in [-0.2, -0.15) is 0 Å². The molecule has 2 aromatic rings. The van der Waals surface area contributed by atoms with Gasteiger partial charge in [0.2, 0.25) is 0 Å². The Kier molecular flexibility index (Phi) is 5.02. The smallest absolute Gasteiger partial charge is 0.135 e. The lowest BCUT2D eigenvalue weighted by Crippen LogP contribution is -2.19. The van der Waals surface area contributed by atoms with Crippen molar-refractivity contribution in [3.05, 3.63) is 54.1 Å². The molecular weight excluding hydrogens is 250 g/mol. The molecule has 1 atom stereocenters. The average Bonchev–Trinajstić information content (AvgIpc) is 2.48. The van der Waals surface area contributed by atoms with Gasteiger partial charge < -0.3 is 14.8 Å². The van der Waals surface area contributed by atoms with Gasteiger partial charge in [-0.1, -0.05) is 31.2 Å². The fourth-order valence-electron chi connectivity index (χ4n) is 2.24. The van der Waals surface area contributed by atoms with E-state index in [1.807, 2.05) is 48.5 Å². The Morgan fingerprint density at radius 3 is 2.35 bits per heavy atom. The summed E-state index contributed by atoms with van der Waals surface area (Å²) >= 11 is 0. The number of methoxy groups -OCH3 is 1. The summed E-state index contributed by atoms with van der Waals surface area (Å²) in [6.45, 7) is 5.09. The number of hydrogen-bond acceptors (Lipinski definition) is 3. The summed E-state index contributed by atoms with van der Waals surface area (Å²) in [5.41, 5.74) is 1.04. The van der Waals surface area contributed by atoms with E-state index in [0.717, 1.165) is 29.4 Å². The van der Waals surface area contributed by atoms with Crippen molar-refractivity contribution in [2.75, 3.05) is 13.7 Å². The highest BCUT2D eigenvalue weighted by molar-refractivity contribution is 5.48. The minimum Gasteiger partial charge on any atom is -0.496 e. The van der Waals surface area contributed by atoms with Gasteiger partial charge in [-0.15, -0.1) is 0 Å². The Hall–Kier alpha value is -2.00. The van der Waals surface area contributed by atoms with Crippen LogP contribution in [0.5, 0.6) is 17.2 Å². The van der Waals surface area contributed by atoms with Gasteiger partial charge >= 0.3 is 0 Å². The molecule has 0 heterocycles. The molecule has 2 rings (SSSR count). The lowest BCUT2D eigenvalue weighted by Gasteiger charge is -2.20. The van der Waals surface area contributed by atoms with Gasteiger partial charge in [-0.3, -0.25) is 0 Å². The average molecular weight is 271 g/mol. The van der Waals surface area contributed by atoms with Crippen molar-refractivity contribution >= 4 is 0 Å². The molecule has 0 saturated carbocycles. The van der Waals surface area contributed by atoms with Crippen molar-refractivity contribution < 1.29 is 9.47 Å². The molecule has 0 aliphatic heterocycles. The largest absolute Gasteiger partial charge is 0.496 e. The topological polar surface area (TPSA) is 30.5 Å². The zero-order chi connectivity index (χ0) is 14.4. The third kappa shape index (κ3) is 3.31. The van der Waals surface area contributed by atoms with Crippen molar-refractivity contribution in [2.45, 2.75) is 19.9 Å². The molecule has 0 aliphatic carbocycles. The number of nitrogens with one attached hydrogen (secondary N) is 1. The molecule has 2 aromatic carbocycles. The maximum absolute atomic E-state index is 6.00. The van der Waals surface area contributed by atoms with Gasteiger partial charge in [0.25, 0.3) is 0 Å². The summed E-state index contributed by atoms with van der Waals surface area (Å²) in [6, 6.07) is 15.8. The highest BCUT2D eigenvalue weighted by Gasteiger charge is 2.17. The minimum atomic E-state index is 0.162. The van der Waals surface area contributed by atoms with Crippen molar-refractivity contribution in [1.82, 2.24) is 5.32 Å². The van der Waals surface area contributed by atoms with E-state index in [1.165, 1.54) is 0 Å². The van der Waals surface area contributed by atoms with Crippen molar-refractivity contribution in [2.24, 2.45) is 0 Å². The molecule has 1 N–H and O–H groups in total. The van der Waals surface area contributed by atoms with Crippen LogP contribution < -0.4 is 14.8 Å². The van der Waals surface area contributed by atoms with E-state index in [9.17, 15) is 0 Å². The molecule has 0 aromatic heterocycles. The van der Waals surface area contributed by atoms with E-state index < -0.39 is 0 Å². The van der Waals surface area contributed by atoms with Crippen LogP contribution in [0.25, 0.3) is 0 Å². The van der Waals surface area contributed by atoms with Crippen LogP contribution in [0.2, 0.25) is 0 Å². The minimum absolute atomic E-state index is 0.162. The van der Waals surface area contributed by atoms with Crippen molar-refractivity contribution in [1.29, 1.82) is 0 Å². The van der Waals surface area contributed by atoms with E-state index in [0.29, 0.717) is 0 Å². The Morgan fingerprint density at radius 2 is 1.70 bits per heavy atom. The summed E-state index contributed by atoms with van der Waals surface area (Å²) in [4.78, 5) is 0.